The Morgan fingerprint density at radius 1 is 1.23 bits per heavy atom. The van der Waals surface area contributed by atoms with Gasteiger partial charge in [0.25, 0.3) is 0 Å². The number of benzene rings is 1. The molecule has 1 aromatic carbocycles. The first-order chi connectivity index (χ1) is 13.5. The van der Waals surface area contributed by atoms with E-state index < -0.39 is 29.4 Å². The van der Waals surface area contributed by atoms with Gasteiger partial charge in [0.1, 0.15) is 22.7 Å². The first-order valence-corrected chi connectivity index (χ1v) is 9.13. The van der Waals surface area contributed by atoms with Gasteiger partial charge < -0.3 is 24.4 Å². The van der Waals surface area contributed by atoms with Crippen LogP contribution in [0, 0.1) is 5.92 Å². The van der Waals surface area contributed by atoms with Gasteiger partial charge in [0.15, 0.2) is 0 Å². The van der Waals surface area contributed by atoms with Crippen LogP contribution in [-0.2, 0) is 11.0 Å². The first kappa shape index (κ1) is 22.7. The van der Waals surface area contributed by atoms with Crippen LogP contribution >= 0.6 is 0 Å². The average molecular weight is 429 g/mol. The molecule has 0 bridgehead atoms. The van der Waals surface area contributed by atoms with Gasteiger partial charge >= 0.3 is 35.7 Å². The van der Waals surface area contributed by atoms with E-state index in [2.05, 4.69) is 4.98 Å². The number of alkyl halides is 3. The molecular formula is C20H19F3N3NaO3. The van der Waals surface area contributed by atoms with E-state index >= 15 is 0 Å². The molecule has 1 aromatic heterocycles. The van der Waals surface area contributed by atoms with Gasteiger partial charge in [-0.1, -0.05) is 6.07 Å². The number of halogens is 3. The second-order valence-corrected chi connectivity index (χ2v) is 7.92. The summed E-state index contributed by atoms with van der Waals surface area (Å²) < 4.78 is 45.0. The molecule has 10 heteroatoms. The molecule has 30 heavy (non-hydrogen) atoms. The van der Waals surface area contributed by atoms with Gasteiger partial charge in [-0.05, 0) is 32.0 Å². The van der Waals surface area contributed by atoms with Crippen LogP contribution in [0.2, 0.25) is 0 Å². The molecule has 0 amide bonds. The Labute approximate surface area is 193 Å². The molecule has 0 saturated carbocycles. The Bertz CT molecular complexity index is 962. The van der Waals surface area contributed by atoms with Crippen molar-refractivity contribution >= 4 is 23.0 Å². The number of aliphatic carboxylic acids is 1. The summed E-state index contributed by atoms with van der Waals surface area (Å²) in [5, 5.41) is 10.9. The number of carbonyl (C=O) groups is 1. The maximum Gasteiger partial charge on any atom is 1.00 e. The van der Waals surface area contributed by atoms with E-state index in [0.29, 0.717) is 25.3 Å². The third kappa shape index (κ3) is 4.38. The second kappa shape index (κ2) is 7.94. The molecular weight excluding hydrogens is 410 g/mol. The van der Waals surface area contributed by atoms with Gasteiger partial charge in [0.2, 0.25) is 0 Å². The van der Waals surface area contributed by atoms with Crippen molar-refractivity contribution in [3.05, 3.63) is 42.2 Å². The van der Waals surface area contributed by atoms with E-state index in [0.717, 1.165) is 17.4 Å². The zero-order chi connectivity index (χ0) is 21.0. The van der Waals surface area contributed by atoms with Crippen LogP contribution in [0.4, 0.5) is 30.2 Å². The summed E-state index contributed by atoms with van der Waals surface area (Å²) in [5.41, 5.74) is 0.330. The van der Waals surface area contributed by atoms with E-state index in [4.69, 9.17) is 4.74 Å². The van der Waals surface area contributed by atoms with Crippen molar-refractivity contribution in [3.8, 4) is 5.75 Å². The number of hydrogen-bond donors (Lipinski definition) is 0. The fraction of sp³-hybridized carbons (Fsp3) is 0.400. The largest absolute Gasteiger partial charge is 1.00 e. The van der Waals surface area contributed by atoms with E-state index in [-0.39, 0.29) is 35.3 Å². The van der Waals surface area contributed by atoms with Crippen molar-refractivity contribution in [2.75, 3.05) is 29.4 Å². The third-order valence-electron chi connectivity index (χ3n) is 5.07. The minimum Gasteiger partial charge on any atom is -0.550 e. The number of fused-ring (bicyclic) bond motifs is 1. The van der Waals surface area contributed by atoms with Crippen LogP contribution < -0.4 is 49.2 Å². The third-order valence-corrected chi connectivity index (χ3v) is 5.07. The number of pyridine rings is 1. The fourth-order valence-electron chi connectivity index (χ4n) is 3.59. The van der Waals surface area contributed by atoms with Crippen molar-refractivity contribution in [2.45, 2.75) is 25.6 Å². The van der Waals surface area contributed by atoms with Crippen LogP contribution in [0.3, 0.4) is 0 Å². The van der Waals surface area contributed by atoms with Crippen LogP contribution in [0.25, 0.3) is 0 Å². The molecule has 6 nitrogen and oxygen atoms in total. The van der Waals surface area contributed by atoms with Crippen molar-refractivity contribution in [2.24, 2.45) is 5.92 Å². The molecule has 154 valence electrons. The van der Waals surface area contributed by atoms with Gasteiger partial charge in [-0.3, -0.25) is 0 Å². The Balaban J connectivity index is 0.00000256. The number of rotatable bonds is 3. The molecule has 1 saturated heterocycles. The normalized spacial score (nSPS) is 18.0. The summed E-state index contributed by atoms with van der Waals surface area (Å²) in [6, 6.07) is 8.35. The van der Waals surface area contributed by atoms with Gasteiger partial charge in [0, 0.05) is 42.4 Å². The SMILES string of the molecule is CC1(C)CN(c2cccc(N3CC(C(=O)[O-])C3)c2)c2cnc(C(F)(F)F)cc2O1.[Na+]. The van der Waals surface area contributed by atoms with Crippen molar-refractivity contribution in [1.82, 2.24) is 4.98 Å². The van der Waals surface area contributed by atoms with E-state index in [9.17, 15) is 23.1 Å². The summed E-state index contributed by atoms with van der Waals surface area (Å²) in [6.45, 7) is 4.76. The molecule has 2 aromatic rings. The molecule has 0 aliphatic carbocycles. The molecule has 0 atom stereocenters. The molecule has 2 aliphatic rings. The molecule has 0 N–H and O–H groups in total. The molecule has 3 heterocycles. The number of nitrogens with zero attached hydrogens (tertiary/aromatic N) is 3. The molecule has 2 aliphatic heterocycles. The molecule has 0 radical (unpaired) electrons. The number of ether oxygens (including phenoxy) is 1. The Kier molecular flexibility index (Phi) is 6.01. The monoisotopic (exact) mass is 429 g/mol. The minimum absolute atomic E-state index is 0. The number of hydrogen-bond acceptors (Lipinski definition) is 6. The zero-order valence-electron chi connectivity index (χ0n) is 16.9. The average Bonchev–Trinajstić information content (AvgIpc) is 2.57. The van der Waals surface area contributed by atoms with E-state index in [1.54, 1.807) is 13.8 Å². The van der Waals surface area contributed by atoms with Crippen LogP contribution in [-0.4, -0.2) is 36.2 Å². The standard InChI is InChI=1S/C20H20F3N3O3.Na/c1-19(2)11-26(15-8-24-17(20(21,22)23)7-16(15)29-19)14-5-3-4-13(6-14)25-9-12(10-25)18(27)28;/h3-8,12H,9-11H2,1-2H3,(H,27,28);/q;+1/p-1. The molecule has 0 spiro atoms. The fourth-order valence-corrected chi connectivity index (χ4v) is 3.59. The Morgan fingerprint density at radius 2 is 1.90 bits per heavy atom. The van der Waals surface area contributed by atoms with Crippen LogP contribution in [0.15, 0.2) is 36.5 Å². The number of aromatic nitrogens is 1. The van der Waals surface area contributed by atoms with Crippen LogP contribution in [0.5, 0.6) is 5.75 Å². The topological polar surface area (TPSA) is 68.7 Å². The number of anilines is 3. The maximum absolute atomic E-state index is 13.1. The quantitative estimate of drug-likeness (QED) is 0.619. The van der Waals surface area contributed by atoms with Crippen LogP contribution in [0.1, 0.15) is 19.5 Å². The second-order valence-electron chi connectivity index (χ2n) is 7.92. The summed E-state index contributed by atoms with van der Waals surface area (Å²) in [7, 11) is 0. The Hall–Kier alpha value is -1.97. The molecule has 0 unspecified atom stereocenters. The van der Waals surface area contributed by atoms with Gasteiger partial charge in [-0.2, -0.15) is 13.2 Å². The summed E-state index contributed by atoms with van der Waals surface area (Å²) in [6.07, 6.45) is -3.38. The van der Waals surface area contributed by atoms with E-state index in [1.165, 1.54) is 6.20 Å². The smallest absolute Gasteiger partial charge is 0.550 e. The molecule has 1 fully saturated rings. The Morgan fingerprint density at radius 3 is 2.53 bits per heavy atom. The van der Waals surface area contributed by atoms with Crippen molar-refractivity contribution < 1.29 is 57.4 Å². The summed E-state index contributed by atoms with van der Waals surface area (Å²) in [5.74, 6) is -1.44. The maximum atomic E-state index is 13.1. The van der Waals surface area contributed by atoms with Crippen molar-refractivity contribution in [1.29, 1.82) is 0 Å². The van der Waals surface area contributed by atoms with Gasteiger partial charge in [-0.25, -0.2) is 4.98 Å². The summed E-state index contributed by atoms with van der Waals surface area (Å²) >= 11 is 0. The van der Waals surface area contributed by atoms with Gasteiger partial charge in [-0.15, -0.1) is 0 Å². The summed E-state index contributed by atoms with van der Waals surface area (Å²) in [4.78, 5) is 18.3. The van der Waals surface area contributed by atoms with E-state index in [1.807, 2.05) is 34.1 Å². The van der Waals surface area contributed by atoms with Crippen molar-refractivity contribution in [3.63, 3.8) is 0 Å². The number of carbonyl (C=O) groups excluding carboxylic acids is 1. The minimum atomic E-state index is -4.56. The molecule has 4 rings (SSSR count). The van der Waals surface area contributed by atoms with Gasteiger partial charge in [0.05, 0.1) is 12.7 Å². The first-order valence-electron chi connectivity index (χ1n) is 9.13. The number of carboxylic acid groups (broad SMARTS) is 1. The predicted molar refractivity (Wildman–Crippen MR) is 98.1 cm³/mol. The predicted octanol–water partition coefficient (Wildman–Crippen LogP) is -0.400. The zero-order valence-corrected chi connectivity index (χ0v) is 18.9. The number of carboxylic acids is 1.